The predicted octanol–water partition coefficient (Wildman–Crippen LogP) is 1.74. The van der Waals surface area contributed by atoms with Gasteiger partial charge in [-0.25, -0.2) is 4.79 Å². The zero-order valence-corrected chi connectivity index (χ0v) is 15.3. The van der Waals surface area contributed by atoms with Gasteiger partial charge in [-0.2, -0.15) is 4.98 Å². The summed E-state index contributed by atoms with van der Waals surface area (Å²) in [7, 11) is 0. The Morgan fingerprint density at radius 1 is 1.54 bits per heavy atom. The van der Waals surface area contributed by atoms with Crippen molar-refractivity contribution in [3.63, 3.8) is 0 Å². The van der Waals surface area contributed by atoms with Crippen molar-refractivity contribution in [2.75, 3.05) is 12.5 Å². The van der Waals surface area contributed by atoms with E-state index >= 15 is 0 Å². The Kier molecular flexibility index (Phi) is 9.78. The molecule has 26 heavy (non-hydrogen) atoms. The number of aromatic nitrogens is 1. The molecule has 0 unspecified atom stereocenters. The number of hydrogen-bond acceptors (Lipinski definition) is 7. The van der Waals surface area contributed by atoms with Crippen LogP contribution < -0.4 is 11.3 Å². The Hall–Kier alpha value is -2.61. The molecule has 7 heteroatoms. The number of rotatable bonds is 4. The van der Waals surface area contributed by atoms with E-state index in [1.165, 1.54) is 12.1 Å². The first-order valence-corrected chi connectivity index (χ1v) is 8.35. The van der Waals surface area contributed by atoms with Crippen LogP contribution in [0.4, 0.5) is 5.82 Å². The van der Waals surface area contributed by atoms with E-state index in [0.29, 0.717) is 12.5 Å². The molecule has 0 saturated carbocycles. The summed E-state index contributed by atoms with van der Waals surface area (Å²) in [5.41, 5.74) is 4.70. The van der Waals surface area contributed by atoms with Crippen LogP contribution in [0.1, 0.15) is 41.5 Å². The Labute approximate surface area is 155 Å². The number of carbonyl (C=O) groups is 1. The van der Waals surface area contributed by atoms with E-state index in [-0.39, 0.29) is 26.2 Å². The second kappa shape index (κ2) is 11.9. The Morgan fingerprint density at radius 2 is 2.31 bits per heavy atom. The smallest absolute Gasteiger partial charge is 0.386 e. The number of esters is 1. The number of carbonyl (C=O) groups excluding carboxylic acids is 1. The molecular weight excluding hydrogens is 336 g/mol. The summed E-state index contributed by atoms with van der Waals surface area (Å²) in [5, 5.41) is 0. The Morgan fingerprint density at radius 3 is 2.96 bits per heavy atom. The van der Waals surface area contributed by atoms with Crippen molar-refractivity contribution in [1.29, 1.82) is 0 Å². The van der Waals surface area contributed by atoms with Crippen LogP contribution in [0.5, 0.6) is 0 Å². The normalized spacial score (nSPS) is 18.0. The molecule has 1 aliphatic heterocycles. The molecule has 1 fully saturated rings. The monoisotopic (exact) mass is 362 g/mol. The molecule has 0 spiro atoms. The van der Waals surface area contributed by atoms with Gasteiger partial charge in [-0.1, -0.05) is 12.0 Å². The molecule has 0 amide bonds. The minimum absolute atomic E-state index is 0. The maximum absolute atomic E-state index is 11.1. The third kappa shape index (κ3) is 10.3. The van der Waals surface area contributed by atoms with Crippen molar-refractivity contribution in [1.82, 2.24) is 4.98 Å². The van der Waals surface area contributed by atoms with Crippen molar-refractivity contribution in [3.8, 4) is 11.8 Å². The first kappa shape index (κ1) is 21.4. The minimum atomic E-state index is -0.545. The standard InChI is InChI=1S/C13H20O4.C6H4N2O.H2/c1-10(2)15-9-16-13(14)6-4-5-12-8-7-11(3)17-12;7-5-3-1-2-4-6(9)8-5;/h10-12H,5,7-9H2,1-3H3;1,3H,(H2,7,8,9);1H/t11-,12+;;/m0../s1. The molecule has 7 nitrogen and oxygen atoms in total. The molecule has 0 bridgehead atoms. The number of nitrogens with two attached hydrogens (primary N) is 1. The SMILES string of the molecule is CC(C)OCOC(=O)C#CC[C@@H]1CC[C@H](C)O1.Nc1ccc#cc(=O)n1.[HH]. The lowest BCUT2D eigenvalue weighted by molar-refractivity contribution is -0.152. The van der Waals surface area contributed by atoms with E-state index in [1.54, 1.807) is 0 Å². The largest absolute Gasteiger partial charge is 0.429 e. The van der Waals surface area contributed by atoms with Crippen LogP contribution in [0.2, 0.25) is 0 Å². The maximum Gasteiger partial charge on any atom is 0.386 e. The molecule has 0 radical (unpaired) electrons. The summed E-state index contributed by atoms with van der Waals surface area (Å²) in [6, 6.07) is 7.66. The summed E-state index contributed by atoms with van der Waals surface area (Å²) >= 11 is 0. The average molecular weight is 362 g/mol. The van der Waals surface area contributed by atoms with Gasteiger partial charge in [-0.15, -0.1) is 0 Å². The minimum Gasteiger partial charge on any atom is -0.429 e. The van der Waals surface area contributed by atoms with E-state index in [1.807, 2.05) is 20.8 Å². The molecule has 1 aliphatic rings. The zero-order valence-electron chi connectivity index (χ0n) is 15.3. The van der Waals surface area contributed by atoms with Crippen molar-refractivity contribution in [2.24, 2.45) is 0 Å². The topological polar surface area (TPSA) is 101 Å². The number of anilines is 1. The number of nitrogens with zero attached hydrogens (tertiary/aromatic N) is 1. The summed E-state index contributed by atoms with van der Waals surface area (Å²) in [4.78, 5) is 24.9. The highest BCUT2D eigenvalue weighted by Crippen LogP contribution is 2.20. The molecule has 1 aromatic rings. The van der Waals surface area contributed by atoms with Gasteiger partial charge >= 0.3 is 11.5 Å². The van der Waals surface area contributed by atoms with Crippen LogP contribution in [0.15, 0.2) is 16.9 Å². The van der Waals surface area contributed by atoms with Crippen LogP contribution in [-0.4, -0.2) is 36.1 Å². The third-order valence-corrected chi connectivity index (χ3v) is 3.18. The molecule has 2 N–H and O–H groups in total. The molecule has 1 aromatic heterocycles. The fourth-order valence-corrected chi connectivity index (χ4v) is 1.95. The average Bonchev–Trinajstić information content (AvgIpc) is 2.87. The third-order valence-electron chi connectivity index (χ3n) is 3.18. The molecule has 2 heterocycles. The molecule has 142 valence electrons. The lowest BCUT2D eigenvalue weighted by Gasteiger charge is -2.06. The van der Waals surface area contributed by atoms with Crippen LogP contribution in [0.25, 0.3) is 0 Å². The van der Waals surface area contributed by atoms with E-state index < -0.39 is 11.5 Å². The highest BCUT2D eigenvalue weighted by atomic mass is 16.7. The van der Waals surface area contributed by atoms with Gasteiger partial charge < -0.3 is 19.9 Å². The summed E-state index contributed by atoms with van der Waals surface area (Å²) in [5.74, 6) is 4.86. The van der Waals surface area contributed by atoms with Crippen LogP contribution in [-0.2, 0) is 19.0 Å². The van der Waals surface area contributed by atoms with Crippen molar-refractivity contribution in [3.05, 3.63) is 34.6 Å². The first-order valence-electron chi connectivity index (χ1n) is 8.35. The highest BCUT2D eigenvalue weighted by molar-refractivity contribution is 5.88. The fourth-order valence-electron chi connectivity index (χ4n) is 1.95. The van der Waals surface area contributed by atoms with Gasteiger partial charge in [0.1, 0.15) is 5.82 Å². The van der Waals surface area contributed by atoms with Gasteiger partial charge in [0.25, 0.3) is 0 Å². The quantitative estimate of drug-likeness (QED) is 0.377. The van der Waals surface area contributed by atoms with E-state index in [9.17, 15) is 9.59 Å². The van der Waals surface area contributed by atoms with E-state index in [2.05, 4.69) is 29.0 Å². The maximum atomic E-state index is 11.1. The van der Waals surface area contributed by atoms with Gasteiger partial charge in [-0.05, 0) is 45.7 Å². The van der Waals surface area contributed by atoms with Crippen molar-refractivity contribution < 1.29 is 20.4 Å². The van der Waals surface area contributed by atoms with Crippen molar-refractivity contribution in [2.45, 2.75) is 58.3 Å². The molecule has 1 saturated heterocycles. The van der Waals surface area contributed by atoms with E-state index in [0.717, 1.165) is 12.8 Å². The predicted molar refractivity (Wildman–Crippen MR) is 97.8 cm³/mol. The second-order valence-electron chi connectivity index (χ2n) is 5.86. The molecular formula is C19H26N2O5. The van der Waals surface area contributed by atoms with Crippen molar-refractivity contribution >= 4 is 11.8 Å². The highest BCUT2D eigenvalue weighted by Gasteiger charge is 2.20. The molecule has 0 aromatic carbocycles. The second-order valence-corrected chi connectivity index (χ2v) is 5.86. The van der Waals surface area contributed by atoms with Gasteiger partial charge in [0, 0.05) is 19.8 Å². The molecule has 2 atom stereocenters. The zero-order chi connectivity index (χ0) is 19.4. The van der Waals surface area contributed by atoms with Crippen LogP contribution >= 0.6 is 0 Å². The van der Waals surface area contributed by atoms with E-state index in [4.69, 9.17) is 19.9 Å². The lowest BCUT2D eigenvalue weighted by Crippen LogP contribution is -2.11. The van der Waals surface area contributed by atoms with Crippen LogP contribution in [0, 0.1) is 24.0 Å². The van der Waals surface area contributed by atoms with Gasteiger partial charge in [0.15, 0.2) is 6.79 Å². The number of nitrogen functional groups attached to an aromatic ring is 1. The molecule has 2 rings (SSSR count). The summed E-state index contributed by atoms with van der Waals surface area (Å²) < 4.78 is 15.4. The Bertz CT molecular complexity index is 687. The lowest BCUT2D eigenvalue weighted by atomic mass is 10.1. The van der Waals surface area contributed by atoms with Gasteiger partial charge in [-0.3, -0.25) is 4.79 Å². The summed E-state index contributed by atoms with van der Waals surface area (Å²) in [6.45, 7) is 5.75. The van der Waals surface area contributed by atoms with Crippen LogP contribution in [0.3, 0.4) is 0 Å². The molecule has 0 aliphatic carbocycles. The van der Waals surface area contributed by atoms with Gasteiger partial charge in [0.05, 0.1) is 18.3 Å². The number of ether oxygens (including phenoxy) is 3. The van der Waals surface area contributed by atoms with Gasteiger partial charge in [0.2, 0.25) is 0 Å². The fraction of sp³-hybridized carbons (Fsp3) is 0.526. The Balaban J connectivity index is 0.000000572. The number of hydrogen-bond donors (Lipinski definition) is 1. The summed E-state index contributed by atoms with van der Waals surface area (Å²) in [6.07, 6.45) is 3.19. The first-order chi connectivity index (χ1) is 12.4.